The summed E-state index contributed by atoms with van der Waals surface area (Å²) in [6.07, 6.45) is 0.351. The van der Waals surface area contributed by atoms with Gasteiger partial charge in [-0.1, -0.05) is 0 Å². The van der Waals surface area contributed by atoms with Gasteiger partial charge in [0, 0.05) is 32.0 Å². The van der Waals surface area contributed by atoms with Gasteiger partial charge in [0.25, 0.3) is 11.5 Å². The van der Waals surface area contributed by atoms with Crippen molar-refractivity contribution in [2.24, 2.45) is 0 Å². The highest BCUT2D eigenvalue weighted by Gasteiger charge is 2.07. The van der Waals surface area contributed by atoms with E-state index < -0.39 is 5.91 Å². The van der Waals surface area contributed by atoms with Crippen LogP contribution < -0.4 is 16.2 Å². The average molecular weight is 280 g/mol. The highest BCUT2D eigenvalue weighted by Crippen LogP contribution is 1.90. The third-order valence-electron chi connectivity index (χ3n) is 2.35. The number of hydrogen-bond donors (Lipinski definition) is 3. The molecule has 0 atom stereocenters. The molecule has 0 saturated heterocycles. The third kappa shape index (κ3) is 5.89. The van der Waals surface area contributed by atoms with Crippen molar-refractivity contribution in [3.05, 3.63) is 28.2 Å². The topological polar surface area (TPSA) is 121 Å². The number of aromatic nitrogens is 2. The van der Waals surface area contributed by atoms with E-state index >= 15 is 0 Å². The fraction of sp³-hybridized carbons (Fsp3) is 0.417. The molecular formula is C12H16N4O4. The van der Waals surface area contributed by atoms with Gasteiger partial charge in [-0.3, -0.25) is 14.4 Å². The van der Waals surface area contributed by atoms with Crippen molar-refractivity contribution in [3.8, 4) is 0 Å². The van der Waals surface area contributed by atoms with Gasteiger partial charge in [0.15, 0.2) is 0 Å². The van der Waals surface area contributed by atoms with E-state index in [2.05, 4.69) is 20.8 Å². The number of nitrogens with one attached hydrogen (secondary N) is 3. The monoisotopic (exact) mass is 280 g/mol. The van der Waals surface area contributed by atoms with Crippen LogP contribution in [0.1, 0.15) is 30.3 Å². The summed E-state index contributed by atoms with van der Waals surface area (Å²) in [5.41, 5.74) is -0.299. The van der Waals surface area contributed by atoms with E-state index in [1.807, 2.05) is 0 Å². The number of amides is 2. The maximum atomic E-state index is 11.6. The molecule has 0 aliphatic carbocycles. The van der Waals surface area contributed by atoms with E-state index in [9.17, 15) is 19.2 Å². The van der Waals surface area contributed by atoms with Gasteiger partial charge in [0.2, 0.25) is 5.91 Å². The molecule has 8 nitrogen and oxygen atoms in total. The van der Waals surface area contributed by atoms with Crippen LogP contribution >= 0.6 is 0 Å². The Bertz CT molecular complexity index is 532. The summed E-state index contributed by atoms with van der Waals surface area (Å²) in [6, 6.07) is 2.51. The van der Waals surface area contributed by atoms with Crippen LogP contribution in [-0.4, -0.2) is 40.9 Å². The molecule has 1 aromatic heterocycles. The quantitative estimate of drug-likeness (QED) is 0.552. The van der Waals surface area contributed by atoms with Gasteiger partial charge in [-0.15, -0.1) is 0 Å². The lowest BCUT2D eigenvalue weighted by atomic mass is 10.2. The zero-order valence-corrected chi connectivity index (χ0v) is 11.1. The predicted octanol–water partition coefficient (Wildman–Crippen LogP) is -1.01. The number of Topliss-reactive ketones (excluding diaryl/α,β-unsaturated/α-hetero) is 1. The van der Waals surface area contributed by atoms with Crippen molar-refractivity contribution >= 4 is 17.6 Å². The maximum absolute atomic E-state index is 11.6. The van der Waals surface area contributed by atoms with E-state index in [0.29, 0.717) is 0 Å². The summed E-state index contributed by atoms with van der Waals surface area (Å²) >= 11 is 0. The molecule has 0 saturated carbocycles. The molecule has 1 aromatic rings. The van der Waals surface area contributed by atoms with E-state index in [1.165, 1.54) is 19.1 Å². The molecule has 108 valence electrons. The van der Waals surface area contributed by atoms with Gasteiger partial charge in [-0.2, -0.15) is 5.10 Å². The summed E-state index contributed by atoms with van der Waals surface area (Å²) in [5.74, 6) is -0.728. The Hall–Kier alpha value is -2.51. The zero-order chi connectivity index (χ0) is 15.0. The summed E-state index contributed by atoms with van der Waals surface area (Å²) in [7, 11) is 0. The number of ketones is 1. The Kier molecular flexibility index (Phi) is 6.08. The molecule has 1 rings (SSSR count). The van der Waals surface area contributed by atoms with Crippen LogP contribution in [0.25, 0.3) is 0 Å². The summed E-state index contributed by atoms with van der Waals surface area (Å²) in [6.45, 7) is 1.90. The highest BCUT2D eigenvalue weighted by molar-refractivity contribution is 5.92. The van der Waals surface area contributed by atoms with Crippen LogP contribution in [0.3, 0.4) is 0 Å². The van der Waals surface area contributed by atoms with Gasteiger partial charge in [0.05, 0.1) is 0 Å². The van der Waals surface area contributed by atoms with Crippen LogP contribution in [0.15, 0.2) is 16.9 Å². The summed E-state index contributed by atoms with van der Waals surface area (Å²) in [4.78, 5) is 44.3. The predicted molar refractivity (Wildman–Crippen MR) is 70.1 cm³/mol. The maximum Gasteiger partial charge on any atom is 0.271 e. The normalized spacial score (nSPS) is 9.85. The first-order valence-electron chi connectivity index (χ1n) is 6.09. The number of nitrogens with zero attached hydrogens (tertiary/aromatic N) is 1. The van der Waals surface area contributed by atoms with E-state index in [-0.39, 0.29) is 48.9 Å². The molecule has 3 N–H and O–H groups in total. The molecule has 0 aliphatic rings. The minimum atomic E-state index is -0.445. The van der Waals surface area contributed by atoms with Crippen molar-refractivity contribution in [1.82, 2.24) is 20.8 Å². The van der Waals surface area contributed by atoms with Crippen molar-refractivity contribution in [3.63, 3.8) is 0 Å². The molecule has 2 amide bonds. The van der Waals surface area contributed by atoms with Gasteiger partial charge >= 0.3 is 0 Å². The molecule has 0 spiro atoms. The molecule has 0 aromatic carbocycles. The number of H-pyrrole nitrogens is 1. The summed E-state index contributed by atoms with van der Waals surface area (Å²) < 4.78 is 0. The number of carbonyl (C=O) groups is 3. The minimum Gasteiger partial charge on any atom is -0.354 e. The largest absolute Gasteiger partial charge is 0.354 e. The lowest BCUT2D eigenvalue weighted by molar-refractivity contribution is -0.124. The molecule has 0 unspecified atom stereocenters. The standard InChI is InChI=1S/C12H16N4O4/c1-8(17)2-4-10(18)13-6-7-14-12(20)9-3-5-11(19)16-15-9/h3,5H,2,4,6-7H2,1H3,(H,13,18)(H,14,20)(H,16,19). The SMILES string of the molecule is CC(=O)CCC(=O)NCCNC(=O)c1ccc(=O)[nH]n1. The lowest BCUT2D eigenvalue weighted by Gasteiger charge is -2.06. The Balaban J connectivity index is 2.22. The lowest BCUT2D eigenvalue weighted by Crippen LogP contribution is -2.35. The van der Waals surface area contributed by atoms with E-state index in [4.69, 9.17) is 0 Å². The Labute approximate surface area is 115 Å². The molecule has 0 fully saturated rings. The number of hydrogen-bond acceptors (Lipinski definition) is 5. The second-order valence-corrected chi connectivity index (χ2v) is 4.11. The fourth-order valence-electron chi connectivity index (χ4n) is 1.32. The van der Waals surface area contributed by atoms with Gasteiger partial charge < -0.3 is 15.4 Å². The average Bonchev–Trinajstić information content (AvgIpc) is 2.42. The number of rotatable bonds is 7. The Morgan fingerprint density at radius 3 is 2.45 bits per heavy atom. The third-order valence-corrected chi connectivity index (χ3v) is 2.35. The molecule has 0 bridgehead atoms. The molecular weight excluding hydrogens is 264 g/mol. The first-order chi connectivity index (χ1) is 9.49. The minimum absolute atomic E-state index is 0.0439. The van der Waals surface area contributed by atoms with Gasteiger partial charge in [0.1, 0.15) is 11.5 Å². The Morgan fingerprint density at radius 1 is 1.15 bits per heavy atom. The molecule has 0 radical (unpaired) electrons. The molecule has 0 aliphatic heterocycles. The van der Waals surface area contributed by atoms with E-state index in [1.54, 1.807) is 0 Å². The van der Waals surface area contributed by atoms with Gasteiger partial charge in [-0.05, 0) is 13.0 Å². The fourth-order valence-corrected chi connectivity index (χ4v) is 1.32. The van der Waals surface area contributed by atoms with Crippen molar-refractivity contribution in [1.29, 1.82) is 0 Å². The van der Waals surface area contributed by atoms with Crippen molar-refractivity contribution in [2.45, 2.75) is 19.8 Å². The molecule has 8 heteroatoms. The van der Waals surface area contributed by atoms with Crippen LogP contribution in [0.5, 0.6) is 0 Å². The Morgan fingerprint density at radius 2 is 1.85 bits per heavy atom. The second kappa shape index (κ2) is 7.82. The van der Waals surface area contributed by atoms with Gasteiger partial charge in [-0.25, -0.2) is 5.10 Å². The van der Waals surface area contributed by atoms with Crippen molar-refractivity contribution in [2.75, 3.05) is 13.1 Å². The summed E-state index contributed by atoms with van der Waals surface area (Å²) in [5, 5.41) is 10.8. The smallest absolute Gasteiger partial charge is 0.271 e. The first kappa shape index (κ1) is 15.5. The number of aromatic amines is 1. The van der Waals surface area contributed by atoms with E-state index in [0.717, 1.165) is 0 Å². The molecule has 20 heavy (non-hydrogen) atoms. The van der Waals surface area contributed by atoms with Crippen LogP contribution in [0.4, 0.5) is 0 Å². The second-order valence-electron chi connectivity index (χ2n) is 4.11. The van der Waals surface area contributed by atoms with Crippen molar-refractivity contribution < 1.29 is 14.4 Å². The molecule has 1 heterocycles. The highest BCUT2D eigenvalue weighted by atomic mass is 16.2. The van der Waals surface area contributed by atoms with Crippen LogP contribution in [-0.2, 0) is 9.59 Å². The number of carbonyl (C=O) groups excluding carboxylic acids is 3. The van der Waals surface area contributed by atoms with Crippen LogP contribution in [0, 0.1) is 0 Å². The zero-order valence-electron chi connectivity index (χ0n) is 11.1. The first-order valence-corrected chi connectivity index (χ1v) is 6.09. The van der Waals surface area contributed by atoms with Crippen LogP contribution in [0.2, 0.25) is 0 Å².